The zero-order valence-corrected chi connectivity index (χ0v) is 15.7. The van der Waals surface area contributed by atoms with Crippen molar-refractivity contribution in [1.82, 2.24) is 19.1 Å². The molecule has 0 bridgehead atoms. The van der Waals surface area contributed by atoms with Crippen molar-refractivity contribution in [3.8, 4) is 0 Å². The van der Waals surface area contributed by atoms with Crippen molar-refractivity contribution in [2.24, 2.45) is 7.05 Å². The fourth-order valence-corrected chi connectivity index (χ4v) is 4.67. The molecule has 1 aliphatic rings. The minimum atomic E-state index is -3.59. The highest BCUT2D eigenvalue weighted by Crippen LogP contribution is 2.29. The van der Waals surface area contributed by atoms with Crippen LogP contribution in [0, 0.1) is 0 Å². The maximum atomic E-state index is 13.0. The lowest BCUT2D eigenvalue weighted by Crippen LogP contribution is -2.39. The van der Waals surface area contributed by atoms with E-state index in [1.54, 1.807) is 25.4 Å². The molecule has 0 spiro atoms. The lowest BCUT2D eigenvalue weighted by molar-refractivity contribution is -0.115. The molecule has 0 radical (unpaired) electrons. The van der Waals surface area contributed by atoms with Gasteiger partial charge in [-0.2, -0.15) is 4.31 Å². The van der Waals surface area contributed by atoms with Crippen molar-refractivity contribution >= 4 is 21.6 Å². The Morgan fingerprint density at radius 1 is 1.31 bits per heavy atom. The second kappa shape index (κ2) is 7.55. The van der Waals surface area contributed by atoms with Crippen LogP contribution in [0.15, 0.2) is 35.5 Å². The van der Waals surface area contributed by atoms with Crippen LogP contribution in [-0.2, 0) is 21.9 Å². The number of hydrogen-bond donors (Lipinski definition) is 1. The number of piperidine rings is 1. The summed E-state index contributed by atoms with van der Waals surface area (Å²) in [4.78, 5) is 11.7. The van der Waals surface area contributed by atoms with Crippen LogP contribution in [0.3, 0.4) is 0 Å². The van der Waals surface area contributed by atoms with Gasteiger partial charge in [0.05, 0.1) is 4.90 Å². The van der Waals surface area contributed by atoms with Gasteiger partial charge in [-0.3, -0.25) is 4.79 Å². The first-order valence-electron chi connectivity index (χ1n) is 8.65. The van der Waals surface area contributed by atoms with Gasteiger partial charge in [-0.15, -0.1) is 10.2 Å². The van der Waals surface area contributed by atoms with E-state index in [9.17, 15) is 13.2 Å². The third-order valence-electron chi connectivity index (χ3n) is 4.59. The minimum absolute atomic E-state index is 0.0362. The lowest BCUT2D eigenvalue weighted by atomic mass is 9.99. The van der Waals surface area contributed by atoms with Crippen LogP contribution in [0.4, 0.5) is 5.69 Å². The SMILES string of the molecule is CCC(=O)Nc1ccc(S(=O)(=O)N2CCC[C@@H](c3nncn3C)C2)cc1. The molecule has 0 aliphatic carbocycles. The number of nitrogens with zero attached hydrogens (tertiary/aromatic N) is 4. The molecule has 1 aromatic carbocycles. The van der Waals surface area contributed by atoms with Gasteiger partial charge in [0, 0.05) is 38.2 Å². The average Bonchev–Trinajstić information content (AvgIpc) is 3.08. The normalized spacial score (nSPS) is 18.6. The molecule has 0 saturated carbocycles. The number of carbonyl (C=O) groups excluding carboxylic acids is 1. The number of anilines is 1. The molecule has 140 valence electrons. The molecular formula is C17H23N5O3S. The summed E-state index contributed by atoms with van der Waals surface area (Å²) in [5, 5.41) is 10.7. The van der Waals surface area contributed by atoms with Crippen molar-refractivity contribution in [2.45, 2.75) is 37.0 Å². The topological polar surface area (TPSA) is 97.2 Å². The van der Waals surface area contributed by atoms with Gasteiger partial charge < -0.3 is 9.88 Å². The Morgan fingerprint density at radius 2 is 2.04 bits per heavy atom. The Morgan fingerprint density at radius 3 is 2.65 bits per heavy atom. The van der Waals surface area contributed by atoms with Crippen LogP contribution in [-0.4, -0.2) is 46.5 Å². The highest BCUT2D eigenvalue weighted by Gasteiger charge is 2.32. The molecule has 1 saturated heterocycles. The predicted molar refractivity (Wildman–Crippen MR) is 97.1 cm³/mol. The molecule has 8 nitrogen and oxygen atoms in total. The first-order valence-corrected chi connectivity index (χ1v) is 10.1. The quantitative estimate of drug-likeness (QED) is 0.856. The third-order valence-corrected chi connectivity index (χ3v) is 6.47. The highest BCUT2D eigenvalue weighted by atomic mass is 32.2. The maximum absolute atomic E-state index is 13.0. The van der Waals surface area contributed by atoms with Crippen molar-refractivity contribution in [3.05, 3.63) is 36.4 Å². The summed E-state index contributed by atoms with van der Waals surface area (Å²) in [7, 11) is -1.72. The zero-order valence-electron chi connectivity index (χ0n) is 14.9. The molecule has 0 unspecified atom stereocenters. The lowest BCUT2D eigenvalue weighted by Gasteiger charge is -2.31. The molecular weight excluding hydrogens is 354 g/mol. The Kier molecular flexibility index (Phi) is 5.38. The van der Waals surface area contributed by atoms with Crippen molar-refractivity contribution < 1.29 is 13.2 Å². The Balaban J connectivity index is 1.77. The smallest absolute Gasteiger partial charge is 0.243 e. The fourth-order valence-electron chi connectivity index (χ4n) is 3.14. The molecule has 3 rings (SSSR count). The number of benzene rings is 1. The van der Waals surface area contributed by atoms with E-state index in [-0.39, 0.29) is 16.7 Å². The molecule has 1 fully saturated rings. The zero-order chi connectivity index (χ0) is 18.7. The van der Waals surface area contributed by atoms with Crippen LogP contribution in [0.25, 0.3) is 0 Å². The number of aromatic nitrogens is 3. The Bertz CT molecular complexity index is 876. The van der Waals surface area contributed by atoms with Crippen molar-refractivity contribution in [3.63, 3.8) is 0 Å². The van der Waals surface area contributed by atoms with Gasteiger partial charge in [0.2, 0.25) is 15.9 Å². The molecule has 26 heavy (non-hydrogen) atoms. The fraction of sp³-hybridized carbons (Fsp3) is 0.471. The molecule has 1 amide bonds. The predicted octanol–water partition coefficient (Wildman–Crippen LogP) is 1.73. The summed E-state index contributed by atoms with van der Waals surface area (Å²) < 4.78 is 29.3. The van der Waals surface area contributed by atoms with Gasteiger partial charge in [0.15, 0.2) is 0 Å². The first-order chi connectivity index (χ1) is 12.4. The van der Waals surface area contributed by atoms with Gasteiger partial charge in [-0.1, -0.05) is 6.92 Å². The minimum Gasteiger partial charge on any atom is -0.326 e. The van der Waals surface area contributed by atoms with E-state index in [0.29, 0.717) is 25.2 Å². The second-order valence-electron chi connectivity index (χ2n) is 6.43. The van der Waals surface area contributed by atoms with Crippen LogP contribution >= 0.6 is 0 Å². The number of carbonyl (C=O) groups is 1. The van der Waals surface area contributed by atoms with Crippen LogP contribution in [0.5, 0.6) is 0 Å². The molecule has 1 aliphatic heterocycles. The third kappa shape index (κ3) is 3.78. The number of nitrogens with one attached hydrogen (secondary N) is 1. The van der Waals surface area contributed by atoms with Gasteiger partial charge in [-0.05, 0) is 37.1 Å². The van der Waals surface area contributed by atoms with Crippen LogP contribution < -0.4 is 5.32 Å². The van der Waals surface area contributed by atoms with Crippen LogP contribution in [0.1, 0.15) is 37.9 Å². The van der Waals surface area contributed by atoms with Gasteiger partial charge in [0.25, 0.3) is 0 Å². The number of hydrogen-bond acceptors (Lipinski definition) is 5. The van der Waals surface area contributed by atoms with Crippen molar-refractivity contribution in [1.29, 1.82) is 0 Å². The number of sulfonamides is 1. The number of amides is 1. The monoisotopic (exact) mass is 377 g/mol. The van der Waals surface area contributed by atoms with E-state index in [4.69, 9.17) is 0 Å². The molecule has 2 heterocycles. The maximum Gasteiger partial charge on any atom is 0.243 e. The molecule has 1 aromatic heterocycles. The number of aryl methyl sites for hydroxylation is 1. The summed E-state index contributed by atoms with van der Waals surface area (Å²) in [6.45, 7) is 2.65. The Labute approximate surface area is 153 Å². The number of rotatable bonds is 5. The molecule has 9 heteroatoms. The van der Waals surface area contributed by atoms with E-state index >= 15 is 0 Å². The second-order valence-corrected chi connectivity index (χ2v) is 8.37. The van der Waals surface area contributed by atoms with Gasteiger partial charge >= 0.3 is 0 Å². The van der Waals surface area contributed by atoms with E-state index in [1.165, 1.54) is 16.4 Å². The molecule has 1 atom stereocenters. The molecule has 1 N–H and O–H groups in total. The van der Waals surface area contributed by atoms with Crippen LogP contribution in [0.2, 0.25) is 0 Å². The summed E-state index contributed by atoms with van der Waals surface area (Å²) in [6, 6.07) is 6.30. The summed E-state index contributed by atoms with van der Waals surface area (Å²) >= 11 is 0. The summed E-state index contributed by atoms with van der Waals surface area (Å²) in [5.74, 6) is 0.736. The van der Waals surface area contributed by atoms with Crippen molar-refractivity contribution in [2.75, 3.05) is 18.4 Å². The largest absolute Gasteiger partial charge is 0.326 e. The van der Waals surface area contributed by atoms with E-state index < -0.39 is 10.0 Å². The summed E-state index contributed by atoms with van der Waals surface area (Å²) in [5.41, 5.74) is 0.589. The van der Waals surface area contributed by atoms with Gasteiger partial charge in [0.1, 0.15) is 12.2 Å². The highest BCUT2D eigenvalue weighted by molar-refractivity contribution is 7.89. The first kappa shape index (κ1) is 18.5. The van der Waals surface area contributed by atoms with E-state index in [1.807, 2.05) is 11.6 Å². The average molecular weight is 377 g/mol. The van der Waals surface area contributed by atoms with E-state index in [0.717, 1.165) is 18.7 Å². The standard InChI is InChI=1S/C17H23N5O3S/c1-3-16(23)19-14-6-8-15(9-7-14)26(24,25)22-10-4-5-13(11-22)17-20-18-12-21(17)2/h6-9,12-13H,3-5,10-11H2,1-2H3,(H,19,23)/t13-/m1/s1. The Hall–Kier alpha value is -2.26. The van der Waals surface area contributed by atoms with Gasteiger partial charge in [-0.25, -0.2) is 8.42 Å². The molecule has 2 aromatic rings. The van der Waals surface area contributed by atoms with E-state index in [2.05, 4.69) is 15.5 Å². The summed E-state index contributed by atoms with van der Waals surface area (Å²) in [6.07, 6.45) is 3.67.